The zero-order valence-electron chi connectivity index (χ0n) is 32.1. The minimum absolute atomic E-state index is 0.270. The molecule has 2 N–H and O–H groups in total. The van der Waals surface area contributed by atoms with E-state index in [0.717, 1.165) is 53.5 Å². The summed E-state index contributed by atoms with van der Waals surface area (Å²) in [7, 11) is 10.6. The van der Waals surface area contributed by atoms with Gasteiger partial charge in [0.15, 0.2) is 5.78 Å². The third-order valence-corrected chi connectivity index (χ3v) is 8.43. The molecule has 2 heterocycles. The van der Waals surface area contributed by atoms with Crippen molar-refractivity contribution < 1.29 is 34.0 Å². The summed E-state index contributed by atoms with van der Waals surface area (Å²) in [6, 6.07) is 31.4. The van der Waals surface area contributed by atoms with Crippen molar-refractivity contribution in [3.8, 4) is 11.5 Å². The first-order valence-corrected chi connectivity index (χ1v) is 17.7. The van der Waals surface area contributed by atoms with Crippen molar-refractivity contribution in [1.82, 2.24) is 18.9 Å². The van der Waals surface area contributed by atoms with E-state index in [4.69, 9.17) is 24.4 Å². The number of hydrogen-bond acceptors (Lipinski definition) is 9. The molecule has 0 spiro atoms. The molecule has 0 unspecified atom stereocenters. The molecule has 0 saturated heterocycles. The number of nitrogens with zero attached hydrogens (tertiary/aromatic N) is 4. The van der Waals surface area contributed by atoms with Crippen LogP contribution in [0.2, 0.25) is 0 Å². The molecule has 0 aliphatic rings. The maximum Gasteiger partial charge on any atom is 0.337 e. The fraction of sp³-hybridized carbons (Fsp3) is 0.302. The third kappa shape index (κ3) is 11.8. The molecule has 286 valence electrons. The van der Waals surface area contributed by atoms with Crippen molar-refractivity contribution in [2.45, 2.75) is 26.2 Å². The number of benzene rings is 4. The van der Waals surface area contributed by atoms with Gasteiger partial charge in [0.05, 0.1) is 25.8 Å². The molecule has 2 aromatic heterocycles. The van der Waals surface area contributed by atoms with E-state index in [0.29, 0.717) is 37.4 Å². The van der Waals surface area contributed by atoms with Crippen LogP contribution in [0.15, 0.2) is 109 Å². The lowest BCUT2D eigenvalue weighted by molar-refractivity contribution is 0.0600. The number of hydrogen-bond donors (Lipinski definition) is 2. The predicted octanol–water partition coefficient (Wildman–Crippen LogP) is 6.13. The number of aliphatic hydroxyl groups excluding tert-OH is 2. The maximum absolute atomic E-state index is 11.7. The molecule has 0 atom stereocenters. The molecule has 0 bridgehead atoms. The minimum Gasteiger partial charge on any atom is -0.492 e. The smallest absolute Gasteiger partial charge is 0.337 e. The normalized spacial score (nSPS) is 10.9. The van der Waals surface area contributed by atoms with Crippen molar-refractivity contribution in [2.75, 3.05) is 62.2 Å². The van der Waals surface area contributed by atoms with Crippen LogP contribution in [0.25, 0.3) is 21.8 Å². The van der Waals surface area contributed by atoms with Crippen LogP contribution in [0, 0.1) is 0 Å². The largest absolute Gasteiger partial charge is 0.492 e. The molecule has 0 saturated carbocycles. The number of ether oxygens (including phenoxy) is 3. The monoisotopic (exact) mass is 736 g/mol. The second kappa shape index (κ2) is 20.7. The number of aliphatic hydroxyl groups is 2. The first-order valence-electron chi connectivity index (χ1n) is 17.7. The standard InChI is InChI=1S/2C21H24N2O3.CH4O/c1-22(2)15-16-5-4-6-19(13-16)26-12-11-23-10-9-17-7-8-18(14-20(17)23)21(24)25-3;1-22(2)14-16-4-3-5-19(12-16)26-11-10-23-9-8-17-6-7-18(13-20(17)23)21(25)15-24;1-2/h4-10,13-14H,11-12,15H2,1-3H3;3-9,12-13,24H,10-11,14-15H2,1-2H3;2H,1H3. The Morgan fingerprint density at radius 2 is 1.09 bits per heavy atom. The van der Waals surface area contributed by atoms with Crippen molar-refractivity contribution >= 4 is 33.6 Å². The number of Topliss-reactive ketones (excluding diaryl/α,β-unsaturated/α-hetero) is 1. The number of rotatable bonds is 15. The average Bonchev–Trinajstić information content (AvgIpc) is 3.78. The van der Waals surface area contributed by atoms with Gasteiger partial charge in [-0.05, 0) is 105 Å². The summed E-state index contributed by atoms with van der Waals surface area (Å²) >= 11 is 0. The highest BCUT2D eigenvalue weighted by Crippen LogP contribution is 2.21. The predicted molar refractivity (Wildman–Crippen MR) is 213 cm³/mol. The van der Waals surface area contributed by atoms with Crippen LogP contribution >= 0.6 is 0 Å². The minimum atomic E-state index is -0.474. The van der Waals surface area contributed by atoms with Gasteiger partial charge in [0.25, 0.3) is 0 Å². The third-order valence-electron chi connectivity index (χ3n) is 8.43. The first kappa shape index (κ1) is 41.3. The summed E-state index contributed by atoms with van der Waals surface area (Å²) in [5.74, 6) is 1.13. The zero-order valence-corrected chi connectivity index (χ0v) is 32.1. The highest BCUT2D eigenvalue weighted by atomic mass is 16.5. The van der Waals surface area contributed by atoms with Crippen LogP contribution in [0.3, 0.4) is 0 Å². The fourth-order valence-corrected chi connectivity index (χ4v) is 5.99. The van der Waals surface area contributed by atoms with Gasteiger partial charge in [0.1, 0.15) is 31.3 Å². The van der Waals surface area contributed by atoms with E-state index in [1.807, 2.05) is 101 Å². The van der Waals surface area contributed by atoms with E-state index in [1.165, 1.54) is 18.2 Å². The number of esters is 1. The van der Waals surface area contributed by atoms with Crippen LogP contribution in [-0.2, 0) is 30.9 Å². The number of methoxy groups -OCH3 is 1. The summed E-state index contributed by atoms with van der Waals surface area (Å²) in [6.45, 7) is 3.75. The maximum atomic E-state index is 11.7. The lowest BCUT2D eigenvalue weighted by Crippen LogP contribution is -2.11. The summed E-state index contributed by atoms with van der Waals surface area (Å²) in [4.78, 5) is 27.7. The Kier molecular flexibility index (Phi) is 15.8. The SMILES string of the molecule is CN(C)Cc1cccc(OCCn2ccc3ccc(C(=O)CO)cc32)c1.CO.COC(=O)c1ccc2ccn(CCOc3cccc(CN(C)C)c3)c2c1. The summed E-state index contributed by atoms with van der Waals surface area (Å²) in [5, 5.41) is 18.2. The van der Waals surface area contributed by atoms with Gasteiger partial charge in [0.2, 0.25) is 0 Å². The lowest BCUT2D eigenvalue weighted by Gasteiger charge is -2.12. The Labute approximate surface area is 317 Å². The van der Waals surface area contributed by atoms with Gasteiger partial charge in [-0.15, -0.1) is 0 Å². The van der Waals surface area contributed by atoms with Crippen molar-refractivity contribution in [3.63, 3.8) is 0 Å². The summed E-state index contributed by atoms with van der Waals surface area (Å²) in [6.07, 6.45) is 4.00. The van der Waals surface area contributed by atoms with E-state index in [9.17, 15) is 9.59 Å². The molecule has 11 nitrogen and oxygen atoms in total. The van der Waals surface area contributed by atoms with Crippen LogP contribution in [0.4, 0.5) is 0 Å². The van der Waals surface area contributed by atoms with Crippen LogP contribution in [-0.4, -0.2) is 103 Å². The van der Waals surface area contributed by atoms with E-state index in [1.54, 1.807) is 12.1 Å². The Hall–Kier alpha value is -5.46. The average molecular weight is 737 g/mol. The molecule has 11 heteroatoms. The fourth-order valence-electron chi connectivity index (χ4n) is 5.99. The number of carbonyl (C=O) groups excluding carboxylic acids is 2. The van der Waals surface area contributed by atoms with Crippen LogP contribution in [0.1, 0.15) is 31.8 Å². The Bertz CT molecular complexity index is 1950. The quantitative estimate of drug-likeness (QED) is 0.0948. The van der Waals surface area contributed by atoms with Crippen molar-refractivity contribution in [2.24, 2.45) is 0 Å². The molecule has 0 amide bonds. The Balaban J connectivity index is 0.000000230. The van der Waals surface area contributed by atoms with Gasteiger partial charge in [-0.1, -0.05) is 42.5 Å². The summed E-state index contributed by atoms with van der Waals surface area (Å²) < 4.78 is 20.8. The molecule has 0 radical (unpaired) electrons. The molecule has 0 aliphatic carbocycles. The lowest BCUT2D eigenvalue weighted by atomic mass is 10.1. The highest BCUT2D eigenvalue weighted by Gasteiger charge is 2.10. The molecule has 6 rings (SSSR count). The van der Waals surface area contributed by atoms with E-state index < -0.39 is 6.61 Å². The number of fused-ring (bicyclic) bond motifs is 2. The van der Waals surface area contributed by atoms with Crippen LogP contribution < -0.4 is 9.47 Å². The van der Waals surface area contributed by atoms with Gasteiger partial charge in [-0.25, -0.2) is 4.79 Å². The van der Waals surface area contributed by atoms with Crippen molar-refractivity contribution in [1.29, 1.82) is 0 Å². The van der Waals surface area contributed by atoms with Gasteiger partial charge < -0.3 is 43.4 Å². The molecule has 0 aliphatic heterocycles. The molecule has 0 fully saturated rings. The van der Waals surface area contributed by atoms with Gasteiger partial charge >= 0.3 is 5.97 Å². The van der Waals surface area contributed by atoms with Crippen molar-refractivity contribution in [3.05, 3.63) is 132 Å². The molecule has 6 aromatic rings. The molecule has 4 aromatic carbocycles. The highest BCUT2D eigenvalue weighted by molar-refractivity contribution is 6.00. The number of ketones is 1. The van der Waals surface area contributed by atoms with E-state index in [-0.39, 0.29) is 11.8 Å². The second-order valence-corrected chi connectivity index (χ2v) is 13.1. The first-order chi connectivity index (χ1) is 26.1. The second-order valence-electron chi connectivity index (χ2n) is 13.1. The van der Waals surface area contributed by atoms with E-state index in [2.05, 4.69) is 43.2 Å². The Morgan fingerprint density at radius 3 is 1.54 bits per heavy atom. The molecular weight excluding hydrogens is 684 g/mol. The zero-order chi connectivity index (χ0) is 39.0. The van der Waals surface area contributed by atoms with Crippen LogP contribution in [0.5, 0.6) is 11.5 Å². The Morgan fingerprint density at radius 1 is 0.630 bits per heavy atom. The van der Waals surface area contributed by atoms with Gasteiger partial charge in [0, 0.05) is 49.2 Å². The summed E-state index contributed by atoms with van der Waals surface area (Å²) in [5.41, 5.74) is 5.48. The molecule has 54 heavy (non-hydrogen) atoms. The number of carbonyl (C=O) groups is 2. The topological polar surface area (TPSA) is 119 Å². The van der Waals surface area contributed by atoms with Gasteiger partial charge in [-0.2, -0.15) is 0 Å². The van der Waals surface area contributed by atoms with Gasteiger partial charge in [-0.3, -0.25) is 4.79 Å². The molecular formula is C43H52N4O7. The van der Waals surface area contributed by atoms with E-state index >= 15 is 0 Å². The number of aromatic nitrogens is 2.